The summed E-state index contributed by atoms with van der Waals surface area (Å²) in [5.74, 6) is 0. The third kappa shape index (κ3) is 3.52. The number of nitrogens with one attached hydrogen (secondary N) is 1. The Labute approximate surface area is 131 Å². The van der Waals surface area contributed by atoms with E-state index in [2.05, 4.69) is 15.3 Å². The normalized spacial score (nSPS) is 26.1. The summed E-state index contributed by atoms with van der Waals surface area (Å²) in [6.07, 6.45) is 6.14. The monoisotopic (exact) mass is 307 g/mol. The van der Waals surface area contributed by atoms with E-state index in [0.717, 1.165) is 31.6 Å². The highest BCUT2D eigenvalue weighted by atomic mass is 16.5. The van der Waals surface area contributed by atoms with Gasteiger partial charge < -0.3 is 19.9 Å². The Morgan fingerprint density at radius 2 is 2.27 bits per heavy atom. The van der Waals surface area contributed by atoms with Gasteiger partial charge in [0.25, 0.3) is 0 Å². The van der Waals surface area contributed by atoms with Gasteiger partial charge in [0.2, 0.25) is 0 Å². The van der Waals surface area contributed by atoms with Gasteiger partial charge in [0, 0.05) is 45.5 Å². The number of aromatic nitrogens is 2. The Bertz CT molecular complexity index is 518. The number of morpholine rings is 1. The van der Waals surface area contributed by atoms with Crippen molar-refractivity contribution in [3.8, 4) is 0 Å². The summed E-state index contributed by atoms with van der Waals surface area (Å²) in [4.78, 5) is 16.5. The van der Waals surface area contributed by atoms with Crippen LogP contribution in [0.4, 0.5) is 10.5 Å². The molecule has 0 radical (unpaired) electrons. The van der Waals surface area contributed by atoms with Crippen molar-refractivity contribution in [1.29, 1.82) is 0 Å². The lowest BCUT2D eigenvalue weighted by molar-refractivity contribution is -0.00392. The number of ether oxygens (including phenoxy) is 1. The lowest BCUT2D eigenvalue weighted by Crippen LogP contribution is -2.54. The van der Waals surface area contributed by atoms with Crippen LogP contribution in [-0.2, 0) is 11.8 Å². The smallest absolute Gasteiger partial charge is 0.317 e. The number of hydrogen-bond acceptors (Lipinski definition) is 4. The molecule has 1 N–H and O–H groups in total. The molecule has 0 unspecified atom stereocenters. The van der Waals surface area contributed by atoms with Crippen molar-refractivity contribution in [2.75, 3.05) is 37.7 Å². The molecule has 2 aliphatic heterocycles. The summed E-state index contributed by atoms with van der Waals surface area (Å²) in [7, 11) is 1.92. The topological polar surface area (TPSA) is 62.6 Å². The first kappa shape index (κ1) is 15.1. The van der Waals surface area contributed by atoms with E-state index >= 15 is 0 Å². The molecule has 2 fully saturated rings. The molecule has 7 heteroatoms. The first-order valence-electron chi connectivity index (χ1n) is 8.02. The molecule has 2 atom stereocenters. The maximum absolute atomic E-state index is 12.4. The van der Waals surface area contributed by atoms with Gasteiger partial charge in [0.1, 0.15) is 0 Å². The number of carbonyl (C=O) groups excluding carboxylic acids is 1. The Hall–Kier alpha value is -1.76. The predicted octanol–water partition coefficient (Wildman–Crippen LogP) is 0.819. The molecule has 0 aromatic carbocycles. The van der Waals surface area contributed by atoms with Gasteiger partial charge >= 0.3 is 6.03 Å². The number of rotatable bonds is 2. The zero-order valence-electron chi connectivity index (χ0n) is 13.4. The summed E-state index contributed by atoms with van der Waals surface area (Å²) in [6.45, 7) is 5.84. The minimum atomic E-state index is 0.0354. The number of hydrogen-bond donors (Lipinski definition) is 1. The fourth-order valence-corrected chi connectivity index (χ4v) is 3.17. The molecule has 22 heavy (non-hydrogen) atoms. The van der Waals surface area contributed by atoms with Crippen LogP contribution in [0.15, 0.2) is 12.4 Å². The Morgan fingerprint density at radius 1 is 1.41 bits per heavy atom. The molecule has 1 aromatic rings. The van der Waals surface area contributed by atoms with Gasteiger partial charge in [0.15, 0.2) is 0 Å². The van der Waals surface area contributed by atoms with Gasteiger partial charge in [-0.3, -0.25) is 4.68 Å². The first-order valence-corrected chi connectivity index (χ1v) is 8.02. The lowest BCUT2D eigenvalue weighted by Gasteiger charge is -2.36. The SMILES string of the molecule is C[C@@H]1CN(C(=O)N[C@H]2CCCN(c3cnn(C)c3)C2)CCO1. The van der Waals surface area contributed by atoms with Crippen LogP contribution in [0, 0.1) is 0 Å². The second-order valence-electron chi connectivity index (χ2n) is 6.23. The van der Waals surface area contributed by atoms with E-state index in [-0.39, 0.29) is 18.2 Å². The molecule has 7 nitrogen and oxygen atoms in total. The van der Waals surface area contributed by atoms with Crippen LogP contribution in [0.5, 0.6) is 0 Å². The maximum atomic E-state index is 12.4. The molecule has 3 heterocycles. The number of anilines is 1. The van der Waals surface area contributed by atoms with E-state index in [0.29, 0.717) is 19.7 Å². The summed E-state index contributed by atoms with van der Waals surface area (Å²) < 4.78 is 7.30. The van der Waals surface area contributed by atoms with Crippen molar-refractivity contribution in [2.45, 2.75) is 31.9 Å². The molecule has 2 saturated heterocycles. The third-order valence-corrected chi connectivity index (χ3v) is 4.33. The Balaban J connectivity index is 1.54. The molecule has 0 bridgehead atoms. The van der Waals surface area contributed by atoms with Crippen molar-refractivity contribution in [3.05, 3.63) is 12.4 Å². The van der Waals surface area contributed by atoms with Gasteiger partial charge in [0.05, 0.1) is 24.6 Å². The van der Waals surface area contributed by atoms with Crippen LogP contribution in [-0.4, -0.2) is 65.6 Å². The molecule has 122 valence electrons. The van der Waals surface area contributed by atoms with Gasteiger partial charge in [-0.25, -0.2) is 4.79 Å². The van der Waals surface area contributed by atoms with Gasteiger partial charge in [-0.1, -0.05) is 0 Å². The second kappa shape index (κ2) is 6.56. The highest BCUT2D eigenvalue weighted by Crippen LogP contribution is 2.19. The van der Waals surface area contributed by atoms with E-state index in [9.17, 15) is 4.79 Å². The molecule has 0 saturated carbocycles. The molecule has 0 spiro atoms. The zero-order chi connectivity index (χ0) is 15.5. The van der Waals surface area contributed by atoms with E-state index in [4.69, 9.17) is 4.74 Å². The van der Waals surface area contributed by atoms with Crippen LogP contribution >= 0.6 is 0 Å². The van der Waals surface area contributed by atoms with Crippen molar-refractivity contribution in [2.24, 2.45) is 7.05 Å². The van der Waals surface area contributed by atoms with Gasteiger partial charge in [-0.2, -0.15) is 5.10 Å². The number of amides is 2. The minimum Gasteiger partial charge on any atom is -0.375 e. The molecular formula is C15H25N5O2. The predicted molar refractivity (Wildman–Crippen MR) is 84.0 cm³/mol. The van der Waals surface area contributed by atoms with E-state index in [1.165, 1.54) is 0 Å². The van der Waals surface area contributed by atoms with Crippen molar-refractivity contribution in [3.63, 3.8) is 0 Å². The van der Waals surface area contributed by atoms with Crippen LogP contribution in [0.1, 0.15) is 19.8 Å². The van der Waals surface area contributed by atoms with Crippen LogP contribution in [0.3, 0.4) is 0 Å². The highest BCUT2D eigenvalue weighted by Gasteiger charge is 2.26. The number of aryl methyl sites for hydroxylation is 1. The van der Waals surface area contributed by atoms with Gasteiger partial charge in [-0.05, 0) is 19.8 Å². The number of nitrogens with zero attached hydrogens (tertiary/aromatic N) is 4. The average molecular weight is 307 g/mol. The molecule has 0 aliphatic carbocycles. The van der Waals surface area contributed by atoms with E-state index in [1.54, 1.807) is 0 Å². The number of piperidine rings is 1. The lowest BCUT2D eigenvalue weighted by atomic mass is 10.1. The van der Waals surface area contributed by atoms with Crippen LogP contribution in [0.2, 0.25) is 0 Å². The molecule has 2 amide bonds. The molecule has 2 aliphatic rings. The van der Waals surface area contributed by atoms with E-state index < -0.39 is 0 Å². The van der Waals surface area contributed by atoms with Crippen LogP contribution < -0.4 is 10.2 Å². The molecular weight excluding hydrogens is 282 g/mol. The minimum absolute atomic E-state index is 0.0354. The standard InChI is InChI=1S/C15H25N5O2/c1-12-9-20(6-7-22-12)15(21)17-13-4-3-5-19(10-13)14-8-16-18(2)11-14/h8,11-13H,3-7,9-10H2,1-2H3,(H,17,21)/t12-,13+/m1/s1. The Morgan fingerprint density at radius 3 is 3.00 bits per heavy atom. The quantitative estimate of drug-likeness (QED) is 0.879. The van der Waals surface area contributed by atoms with Crippen LogP contribution in [0.25, 0.3) is 0 Å². The maximum Gasteiger partial charge on any atom is 0.317 e. The zero-order valence-corrected chi connectivity index (χ0v) is 13.4. The first-order chi connectivity index (χ1) is 10.6. The fraction of sp³-hybridized carbons (Fsp3) is 0.733. The second-order valence-corrected chi connectivity index (χ2v) is 6.23. The van der Waals surface area contributed by atoms with Crippen molar-refractivity contribution in [1.82, 2.24) is 20.0 Å². The summed E-state index contributed by atoms with van der Waals surface area (Å²) in [6, 6.07) is 0.229. The average Bonchev–Trinajstić information content (AvgIpc) is 2.94. The van der Waals surface area contributed by atoms with Gasteiger partial charge in [-0.15, -0.1) is 0 Å². The molecule has 3 rings (SSSR count). The summed E-state index contributed by atoms with van der Waals surface area (Å²) in [5, 5.41) is 7.40. The third-order valence-electron chi connectivity index (χ3n) is 4.33. The highest BCUT2D eigenvalue weighted by molar-refractivity contribution is 5.74. The largest absolute Gasteiger partial charge is 0.375 e. The number of urea groups is 1. The van der Waals surface area contributed by atoms with E-state index in [1.807, 2.05) is 35.9 Å². The Kier molecular flexibility index (Phi) is 4.52. The summed E-state index contributed by atoms with van der Waals surface area (Å²) >= 11 is 0. The van der Waals surface area contributed by atoms with Crippen molar-refractivity contribution >= 4 is 11.7 Å². The summed E-state index contributed by atoms with van der Waals surface area (Å²) in [5.41, 5.74) is 1.13. The van der Waals surface area contributed by atoms with Crippen molar-refractivity contribution < 1.29 is 9.53 Å². The molecule has 1 aromatic heterocycles. The fourth-order valence-electron chi connectivity index (χ4n) is 3.17. The number of carbonyl (C=O) groups is 1.